The van der Waals surface area contributed by atoms with Crippen molar-refractivity contribution in [3.8, 4) is 11.5 Å². The van der Waals surface area contributed by atoms with E-state index in [1.165, 1.54) is 0 Å². The van der Waals surface area contributed by atoms with Gasteiger partial charge in [-0.05, 0) is 18.6 Å². The van der Waals surface area contributed by atoms with Gasteiger partial charge in [0.15, 0.2) is 0 Å². The fourth-order valence-corrected chi connectivity index (χ4v) is 1.98. The number of hydrogen-bond acceptors (Lipinski definition) is 5. The highest BCUT2D eigenvalue weighted by Crippen LogP contribution is 2.24. The summed E-state index contributed by atoms with van der Waals surface area (Å²) in [6.07, 6.45) is 4.33. The van der Waals surface area contributed by atoms with Crippen LogP contribution in [-0.2, 0) is 0 Å². The van der Waals surface area contributed by atoms with E-state index >= 15 is 0 Å². The molecule has 1 N–H and O–H groups in total. The standard InChI is InChI=1S/C13H14N4O2/c1-2-5-11(18)12-15-13(19-16-12)9-8-14-17-7-4-3-6-10(9)17/h3-4,6-8,11,18H,2,5H2,1H3. The second kappa shape index (κ2) is 4.81. The molecule has 0 aliphatic heterocycles. The van der Waals surface area contributed by atoms with Crippen LogP contribution in [0.3, 0.4) is 0 Å². The molecule has 0 aliphatic rings. The van der Waals surface area contributed by atoms with Crippen molar-refractivity contribution in [2.45, 2.75) is 25.9 Å². The molecule has 3 heterocycles. The maximum Gasteiger partial charge on any atom is 0.261 e. The van der Waals surface area contributed by atoms with Crippen LogP contribution in [0.15, 0.2) is 35.1 Å². The molecule has 1 unspecified atom stereocenters. The molecular weight excluding hydrogens is 244 g/mol. The molecule has 0 bridgehead atoms. The smallest absolute Gasteiger partial charge is 0.261 e. The van der Waals surface area contributed by atoms with Crippen molar-refractivity contribution in [3.05, 3.63) is 36.4 Å². The second-order valence-corrected chi connectivity index (χ2v) is 4.35. The lowest BCUT2D eigenvalue weighted by atomic mass is 10.2. The molecule has 0 fully saturated rings. The van der Waals surface area contributed by atoms with Crippen LogP contribution in [0.2, 0.25) is 0 Å². The highest BCUT2D eigenvalue weighted by atomic mass is 16.5. The zero-order valence-corrected chi connectivity index (χ0v) is 10.5. The first kappa shape index (κ1) is 11.9. The predicted octanol–water partition coefficient (Wildman–Crippen LogP) is 2.22. The number of aliphatic hydroxyl groups is 1. The molecule has 0 aromatic carbocycles. The summed E-state index contributed by atoms with van der Waals surface area (Å²) in [6.45, 7) is 2.00. The van der Waals surface area contributed by atoms with Gasteiger partial charge in [0.1, 0.15) is 6.10 Å². The Hall–Kier alpha value is -2.21. The van der Waals surface area contributed by atoms with Crippen LogP contribution in [-0.4, -0.2) is 24.9 Å². The first-order valence-electron chi connectivity index (χ1n) is 6.24. The summed E-state index contributed by atoms with van der Waals surface area (Å²) in [7, 11) is 0. The normalized spacial score (nSPS) is 12.9. The summed E-state index contributed by atoms with van der Waals surface area (Å²) in [6, 6.07) is 5.74. The van der Waals surface area contributed by atoms with Crippen molar-refractivity contribution in [1.82, 2.24) is 19.8 Å². The first-order chi connectivity index (χ1) is 9.29. The summed E-state index contributed by atoms with van der Waals surface area (Å²) < 4.78 is 6.95. The van der Waals surface area contributed by atoms with Crippen molar-refractivity contribution in [1.29, 1.82) is 0 Å². The minimum absolute atomic E-state index is 0.326. The molecule has 6 heteroatoms. The molecule has 1 atom stereocenters. The SMILES string of the molecule is CCCC(O)c1noc(-c2cnn3ccccc23)n1. The molecule has 0 amide bonds. The minimum Gasteiger partial charge on any atom is -0.385 e. The van der Waals surface area contributed by atoms with E-state index in [1.807, 2.05) is 31.3 Å². The van der Waals surface area contributed by atoms with Crippen LogP contribution in [0.5, 0.6) is 0 Å². The summed E-state index contributed by atoms with van der Waals surface area (Å²) in [4.78, 5) is 4.24. The number of nitrogens with zero attached hydrogens (tertiary/aromatic N) is 4. The van der Waals surface area contributed by atoms with Crippen molar-refractivity contribution in [2.24, 2.45) is 0 Å². The van der Waals surface area contributed by atoms with Gasteiger partial charge >= 0.3 is 0 Å². The van der Waals surface area contributed by atoms with Gasteiger partial charge < -0.3 is 9.63 Å². The van der Waals surface area contributed by atoms with E-state index in [-0.39, 0.29) is 0 Å². The summed E-state index contributed by atoms with van der Waals surface area (Å²) in [5.74, 6) is 0.707. The molecule has 0 aliphatic carbocycles. The molecule has 0 saturated heterocycles. The largest absolute Gasteiger partial charge is 0.385 e. The number of pyridine rings is 1. The molecule has 0 radical (unpaired) electrons. The average Bonchev–Trinajstić information content (AvgIpc) is 3.05. The van der Waals surface area contributed by atoms with E-state index in [1.54, 1.807) is 10.7 Å². The molecule has 0 spiro atoms. The van der Waals surface area contributed by atoms with Crippen LogP contribution >= 0.6 is 0 Å². The van der Waals surface area contributed by atoms with Gasteiger partial charge in [0, 0.05) is 6.20 Å². The molecule has 3 aromatic heterocycles. The van der Waals surface area contributed by atoms with Gasteiger partial charge in [0.25, 0.3) is 5.89 Å². The summed E-state index contributed by atoms with van der Waals surface area (Å²) >= 11 is 0. The molecule has 6 nitrogen and oxygen atoms in total. The number of rotatable bonds is 4. The molecule has 0 saturated carbocycles. The quantitative estimate of drug-likeness (QED) is 0.776. The lowest BCUT2D eigenvalue weighted by Crippen LogP contribution is -1.98. The van der Waals surface area contributed by atoms with E-state index in [2.05, 4.69) is 15.2 Å². The van der Waals surface area contributed by atoms with E-state index < -0.39 is 6.10 Å². The van der Waals surface area contributed by atoms with Gasteiger partial charge in [-0.2, -0.15) is 10.1 Å². The number of fused-ring (bicyclic) bond motifs is 1. The van der Waals surface area contributed by atoms with Gasteiger partial charge in [-0.25, -0.2) is 4.52 Å². The Kier molecular flexibility index (Phi) is 3.00. The van der Waals surface area contributed by atoms with Gasteiger partial charge in [0.2, 0.25) is 5.82 Å². The van der Waals surface area contributed by atoms with Crippen molar-refractivity contribution in [2.75, 3.05) is 0 Å². The average molecular weight is 258 g/mol. The highest BCUT2D eigenvalue weighted by Gasteiger charge is 2.18. The predicted molar refractivity (Wildman–Crippen MR) is 68.4 cm³/mol. The third-order valence-electron chi connectivity index (χ3n) is 2.96. The van der Waals surface area contributed by atoms with Crippen molar-refractivity contribution >= 4 is 5.52 Å². The van der Waals surface area contributed by atoms with Crippen molar-refractivity contribution in [3.63, 3.8) is 0 Å². The van der Waals surface area contributed by atoms with Crippen LogP contribution in [0, 0.1) is 0 Å². The fraction of sp³-hybridized carbons (Fsp3) is 0.308. The summed E-state index contributed by atoms with van der Waals surface area (Å²) in [5, 5.41) is 17.9. The Labute approximate surface area is 109 Å². The highest BCUT2D eigenvalue weighted by molar-refractivity contribution is 5.74. The maximum atomic E-state index is 9.84. The Balaban J connectivity index is 1.98. The Morgan fingerprint density at radius 1 is 1.42 bits per heavy atom. The second-order valence-electron chi connectivity index (χ2n) is 4.35. The minimum atomic E-state index is -0.677. The Morgan fingerprint density at radius 2 is 2.32 bits per heavy atom. The molecule has 98 valence electrons. The fourth-order valence-electron chi connectivity index (χ4n) is 1.98. The van der Waals surface area contributed by atoms with Gasteiger partial charge in [-0.3, -0.25) is 0 Å². The zero-order valence-electron chi connectivity index (χ0n) is 10.5. The van der Waals surface area contributed by atoms with Gasteiger partial charge in [0.05, 0.1) is 17.3 Å². The lowest BCUT2D eigenvalue weighted by molar-refractivity contribution is 0.153. The summed E-state index contributed by atoms with van der Waals surface area (Å²) in [5.41, 5.74) is 1.66. The van der Waals surface area contributed by atoms with E-state index in [9.17, 15) is 5.11 Å². The number of hydrogen-bond donors (Lipinski definition) is 1. The lowest BCUT2D eigenvalue weighted by Gasteiger charge is -2.01. The number of aliphatic hydroxyl groups excluding tert-OH is 1. The van der Waals surface area contributed by atoms with Gasteiger partial charge in [-0.1, -0.05) is 24.6 Å². The Bertz CT molecular complexity index is 689. The third-order valence-corrected chi connectivity index (χ3v) is 2.96. The van der Waals surface area contributed by atoms with E-state index in [0.29, 0.717) is 18.1 Å². The molecule has 3 aromatic rings. The van der Waals surface area contributed by atoms with Crippen LogP contribution < -0.4 is 0 Å². The topological polar surface area (TPSA) is 76.5 Å². The van der Waals surface area contributed by atoms with E-state index in [4.69, 9.17) is 4.52 Å². The Morgan fingerprint density at radius 3 is 3.16 bits per heavy atom. The first-order valence-corrected chi connectivity index (χ1v) is 6.24. The molecule has 19 heavy (non-hydrogen) atoms. The number of aromatic nitrogens is 4. The van der Waals surface area contributed by atoms with E-state index in [0.717, 1.165) is 17.5 Å². The molecular formula is C13H14N4O2. The monoisotopic (exact) mass is 258 g/mol. The van der Waals surface area contributed by atoms with Crippen molar-refractivity contribution < 1.29 is 9.63 Å². The van der Waals surface area contributed by atoms with Crippen LogP contribution in [0.4, 0.5) is 0 Å². The maximum absolute atomic E-state index is 9.84. The zero-order chi connectivity index (χ0) is 13.2. The van der Waals surface area contributed by atoms with Crippen LogP contribution in [0.1, 0.15) is 31.7 Å². The molecule has 3 rings (SSSR count). The van der Waals surface area contributed by atoms with Crippen LogP contribution in [0.25, 0.3) is 17.0 Å². The third kappa shape index (κ3) is 2.10. The van der Waals surface area contributed by atoms with Gasteiger partial charge in [-0.15, -0.1) is 0 Å².